The van der Waals surface area contributed by atoms with Gasteiger partial charge in [-0.15, -0.1) is 0 Å². The summed E-state index contributed by atoms with van der Waals surface area (Å²) in [5.74, 6) is 0.740. The maximum atomic E-state index is 13.0. The van der Waals surface area contributed by atoms with Crippen LogP contribution in [0.1, 0.15) is 24.5 Å². The Bertz CT molecular complexity index is 1050. The number of urea groups is 1. The Morgan fingerprint density at radius 1 is 1.03 bits per heavy atom. The van der Waals surface area contributed by atoms with E-state index >= 15 is 0 Å². The predicted molar refractivity (Wildman–Crippen MR) is 120 cm³/mol. The molecule has 0 saturated carbocycles. The maximum absolute atomic E-state index is 13.0. The van der Waals surface area contributed by atoms with Crippen molar-refractivity contribution in [2.45, 2.75) is 25.3 Å². The maximum Gasteiger partial charge on any atom is 0.321 e. The number of amides is 3. The molecule has 1 aromatic heterocycles. The second-order valence-electron chi connectivity index (χ2n) is 8.24. The summed E-state index contributed by atoms with van der Waals surface area (Å²) >= 11 is 0. The van der Waals surface area contributed by atoms with Crippen LogP contribution < -0.4 is 20.9 Å². The molecule has 9 heteroatoms. The van der Waals surface area contributed by atoms with Crippen LogP contribution in [0.25, 0.3) is 0 Å². The second-order valence-corrected chi connectivity index (χ2v) is 8.24. The van der Waals surface area contributed by atoms with Gasteiger partial charge in [-0.25, -0.2) is 4.79 Å². The van der Waals surface area contributed by atoms with Crippen LogP contribution in [0.2, 0.25) is 0 Å². The van der Waals surface area contributed by atoms with Gasteiger partial charge in [0, 0.05) is 44.0 Å². The molecule has 1 saturated heterocycles. The zero-order valence-corrected chi connectivity index (χ0v) is 18.3. The molecule has 2 aromatic rings. The standard InChI is InChI=1S/C23H28N4O5/c1-31-10-9-21(28)25-19-7-8-20-16-11-15(13-27(20)22(19)29)12-26(14-16)23(30)24-17-3-5-18(32-2)6-4-17/h3-8,15-16H,9-14H2,1-2H3,(H,24,30)(H,25,28). The van der Waals surface area contributed by atoms with E-state index in [0.717, 1.165) is 17.9 Å². The van der Waals surface area contributed by atoms with E-state index in [1.165, 1.54) is 7.11 Å². The molecule has 2 unspecified atom stereocenters. The molecule has 170 valence electrons. The number of hydrogen-bond donors (Lipinski definition) is 2. The Morgan fingerprint density at radius 3 is 2.53 bits per heavy atom. The third kappa shape index (κ3) is 4.62. The van der Waals surface area contributed by atoms with Crippen molar-refractivity contribution in [1.82, 2.24) is 9.47 Å². The molecule has 3 heterocycles. The Balaban J connectivity index is 1.46. The number of rotatable bonds is 6. The van der Waals surface area contributed by atoms with E-state index in [9.17, 15) is 14.4 Å². The smallest absolute Gasteiger partial charge is 0.321 e. The fourth-order valence-corrected chi connectivity index (χ4v) is 4.49. The van der Waals surface area contributed by atoms with E-state index in [2.05, 4.69) is 10.6 Å². The molecular weight excluding hydrogens is 412 g/mol. The molecule has 1 fully saturated rings. The van der Waals surface area contributed by atoms with Crippen molar-refractivity contribution in [3.8, 4) is 5.75 Å². The fraction of sp³-hybridized carbons (Fsp3) is 0.435. The van der Waals surface area contributed by atoms with E-state index in [0.29, 0.717) is 31.9 Å². The highest BCUT2D eigenvalue weighted by atomic mass is 16.5. The van der Waals surface area contributed by atoms with Gasteiger partial charge >= 0.3 is 6.03 Å². The van der Waals surface area contributed by atoms with Crippen LogP contribution >= 0.6 is 0 Å². The first-order valence-corrected chi connectivity index (χ1v) is 10.7. The minimum atomic E-state index is -0.248. The fourth-order valence-electron chi connectivity index (χ4n) is 4.49. The lowest BCUT2D eigenvalue weighted by Crippen LogP contribution is -2.50. The molecule has 2 N–H and O–H groups in total. The SMILES string of the molecule is COCCC(=O)Nc1ccc2n(c1=O)CC1CC2CN(C(=O)Nc2ccc(OC)cc2)C1. The van der Waals surface area contributed by atoms with E-state index in [1.807, 2.05) is 11.0 Å². The molecule has 2 aliphatic rings. The summed E-state index contributed by atoms with van der Waals surface area (Å²) in [5, 5.41) is 5.63. The average Bonchev–Trinajstić information content (AvgIpc) is 2.80. The van der Waals surface area contributed by atoms with Crippen LogP contribution in [0.4, 0.5) is 16.2 Å². The molecule has 4 rings (SSSR count). The monoisotopic (exact) mass is 440 g/mol. The number of carbonyl (C=O) groups excluding carboxylic acids is 2. The molecule has 9 nitrogen and oxygen atoms in total. The number of benzene rings is 1. The molecule has 2 aliphatic heterocycles. The molecule has 1 aromatic carbocycles. The summed E-state index contributed by atoms with van der Waals surface area (Å²) in [7, 11) is 3.13. The zero-order chi connectivity index (χ0) is 22.7. The topological polar surface area (TPSA) is 102 Å². The zero-order valence-electron chi connectivity index (χ0n) is 18.3. The summed E-state index contributed by atoms with van der Waals surface area (Å²) in [6, 6.07) is 10.6. The normalized spacial score (nSPS) is 19.1. The van der Waals surface area contributed by atoms with Gasteiger partial charge in [0.15, 0.2) is 0 Å². The predicted octanol–water partition coefficient (Wildman–Crippen LogP) is 2.48. The van der Waals surface area contributed by atoms with Crippen LogP contribution in [0.15, 0.2) is 41.2 Å². The third-order valence-corrected chi connectivity index (χ3v) is 6.04. The first-order chi connectivity index (χ1) is 15.5. The first kappa shape index (κ1) is 21.9. The highest BCUT2D eigenvalue weighted by Crippen LogP contribution is 2.35. The highest BCUT2D eigenvalue weighted by Gasteiger charge is 2.36. The largest absolute Gasteiger partial charge is 0.497 e. The number of piperidine rings is 1. The van der Waals surface area contributed by atoms with E-state index in [4.69, 9.17) is 9.47 Å². The van der Waals surface area contributed by atoms with Gasteiger partial charge in [-0.2, -0.15) is 0 Å². The minimum absolute atomic E-state index is 0.0788. The van der Waals surface area contributed by atoms with Crippen LogP contribution in [0.3, 0.4) is 0 Å². The molecule has 0 aliphatic carbocycles. The molecule has 2 bridgehead atoms. The number of methoxy groups -OCH3 is 2. The van der Waals surface area contributed by atoms with Gasteiger partial charge in [0.25, 0.3) is 5.56 Å². The summed E-state index contributed by atoms with van der Waals surface area (Å²) in [5.41, 5.74) is 1.70. The van der Waals surface area contributed by atoms with Crippen molar-refractivity contribution in [2.75, 3.05) is 44.5 Å². The number of pyridine rings is 1. The van der Waals surface area contributed by atoms with Crippen LogP contribution in [0, 0.1) is 5.92 Å². The average molecular weight is 441 g/mol. The van der Waals surface area contributed by atoms with Crippen molar-refractivity contribution < 1.29 is 19.1 Å². The molecule has 3 amide bonds. The van der Waals surface area contributed by atoms with Gasteiger partial charge in [-0.05, 0) is 48.7 Å². The Labute approximate surface area is 186 Å². The van der Waals surface area contributed by atoms with Gasteiger partial charge in [-0.3, -0.25) is 9.59 Å². The number of nitrogens with one attached hydrogen (secondary N) is 2. The van der Waals surface area contributed by atoms with E-state index in [-0.39, 0.29) is 41.4 Å². The van der Waals surface area contributed by atoms with Crippen molar-refractivity contribution >= 4 is 23.3 Å². The number of hydrogen-bond acceptors (Lipinski definition) is 5. The Morgan fingerprint density at radius 2 is 1.81 bits per heavy atom. The number of ether oxygens (including phenoxy) is 2. The number of aromatic nitrogens is 1. The van der Waals surface area contributed by atoms with Gasteiger partial charge in [0.1, 0.15) is 11.4 Å². The number of likely N-dealkylation sites (tertiary alicyclic amines) is 1. The highest BCUT2D eigenvalue weighted by molar-refractivity contribution is 5.90. The van der Waals surface area contributed by atoms with Gasteiger partial charge in [0.05, 0.1) is 20.1 Å². The van der Waals surface area contributed by atoms with E-state index < -0.39 is 0 Å². The van der Waals surface area contributed by atoms with Gasteiger partial charge in [0.2, 0.25) is 5.91 Å². The quantitative estimate of drug-likeness (QED) is 0.719. The number of nitrogens with zero attached hydrogens (tertiary/aromatic N) is 2. The molecule has 0 spiro atoms. The lowest BCUT2D eigenvalue weighted by atomic mass is 9.83. The van der Waals surface area contributed by atoms with Crippen molar-refractivity contribution in [1.29, 1.82) is 0 Å². The summed E-state index contributed by atoms with van der Waals surface area (Å²) in [6.07, 6.45) is 1.13. The Kier molecular flexibility index (Phi) is 6.45. The molecule has 32 heavy (non-hydrogen) atoms. The number of anilines is 2. The number of fused-ring (bicyclic) bond motifs is 4. The van der Waals surface area contributed by atoms with Gasteiger partial charge < -0.3 is 29.6 Å². The molecule has 2 atom stereocenters. The lowest BCUT2D eigenvalue weighted by molar-refractivity contribution is -0.117. The Hall–Kier alpha value is -3.33. The minimum Gasteiger partial charge on any atom is -0.497 e. The summed E-state index contributed by atoms with van der Waals surface area (Å²) in [4.78, 5) is 39.6. The molecular formula is C23H28N4O5. The van der Waals surface area contributed by atoms with E-state index in [1.54, 1.807) is 42.0 Å². The van der Waals surface area contributed by atoms with Crippen LogP contribution in [-0.2, 0) is 16.1 Å². The molecule has 0 radical (unpaired) electrons. The number of carbonyl (C=O) groups is 2. The summed E-state index contributed by atoms with van der Waals surface area (Å²) < 4.78 is 11.8. The first-order valence-electron chi connectivity index (χ1n) is 10.7. The second kappa shape index (κ2) is 9.44. The van der Waals surface area contributed by atoms with Crippen LogP contribution in [0.5, 0.6) is 5.75 Å². The van der Waals surface area contributed by atoms with Crippen LogP contribution in [-0.4, -0.2) is 55.3 Å². The summed E-state index contributed by atoms with van der Waals surface area (Å²) in [6.45, 7) is 1.95. The van der Waals surface area contributed by atoms with Crippen molar-refractivity contribution in [2.24, 2.45) is 5.92 Å². The van der Waals surface area contributed by atoms with Crippen molar-refractivity contribution in [3.05, 3.63) is 52.4 Å². The lowest BCUT2D eigenvalue weighted by Gasteiger charge is -2.42. The van der Waals surface area contributed by atoms with Crippen molar-refractivity contribution in [3.63, 3.8) is 0 Å². The van der Waals surface area contributed by atoms with Gasteiger partial charge in [-0.1, -0.05) is 0 Å². The third-order valence-electron chi connectivity index (χ3n) is 6.04.